The molecule has 0 unspecified atom stereocenters. The van der Waals surface area contributed by atoms with Crippen LogP contribution >= 0.6 is 11.3 Å². The molecule has 0 radical (unpaired) electrons. The molecule has 7 heteroatoms. The van der Waals surface area contributed by atoms with E-state index in [1.807, 2.05) is 19.5 Å². The van der Waals surface area contributed by atoms with Crippen molar-refractivity contribution in [2.24, 2.45) is 0 Å². The number of aromatic nitrogens is 1. The summed E-state index contributed by atoms with van der Waals surface area (Å²) in [5.74, 6) is -0.607. The molecule has 2 N–H and O–H groups in total. The van der Waals surface area contributed by atoms with Crippen molar-refractivity contribution in [3.05, 3.63) is 45.7 Å². The average molecular weight is 294 g/mol. The molecule has 0 aliphatic carbocycles. The molecule has 1 aromatic carbocycles. The maximum Gasteiger partial charge on any atom is 0.491 e. The fraction of sp³-hybridized carbons (Fsp3) is 0.308. The highest BCUT2D eigenvalue weighted by molar-refractivity contribution is 7.09. The van der Waals surface area contributed by atoms with Gasteiger partial charge in [-0.05, 0) is 25.6 Å². The third-order valence-electron chi connectivity index (χ3n) is 3.05. The van der Waals surface area contributed by atoms with Crippen molar-refractivity contribution in [3.63, 3.8) is 0 Å². The lowest BCUT2D eigenvalue weighted by molar-refractivity contribution is 0.321. The Morgan fingerprint density at radius 3 is 2.70 bits per heavy atom. The van der Waals surface area contributed by atoms with Gasteiger partial charge in [-0.1, -0.05) is 12.1 Å². The van der Waals surface area contributed by atoms with Crippen LogP contribution in [0.5, 0.6) is 0 Å². The van der Waals surface area contributed by atoms with E-state index in [4.69, 9.17) is 10.0 Å². The van der Waals surface area contributed by atoms with Gasteiger partial charge in [0.25, 0.3) is 0 Å². The van der Waals surface area contributed by atoms with E-state index in [0.717, 1.165) is 17.8 Å². The Labute approximate surface area is 121 Å². The van der Waals surface area contributed by atoms with Crippen LogP contribution in [0.25, 0.3) is 0 Å². The van der Waals surface area contributed by atoms with E-state index in [-0.39, 0.29) is 5.46 Å². The summed E-state index contributed by atoms with van der Waals surface area (Å²) < 4.78 is 13.4. The summed E-state index contributed by atoms with van der Waals surface area (Å²) in [5, 5.41) is 18.2. The van der Waals surface area contributed by atoms with Gasteiger partial charge in [-0.25, -0.2) is 9.37 Å². The molecule has 1 heterocycles. The highest BCUT2D eigenvalue weighted by atomic mass is 32.1. The van der Waals surface area contributed by atoms with Crippen LogP contribution in [0.4, 0.5) is 4.39 Å². The predicted octanol–water partition coefficient (Wildman–Crippen LogP) is 0.902. The minimum Gasteiger partial charge on any atom is -0.423 e. The van der Waals surface area contributed by atoms with E-state index < -0.39 is 12.9 Å². The summed E-state index contributed by atoms with van der Waals surface area (Å²) >= 11 is 1.61. The molecular weight excluding hydrogens is 278 g/mol. The molecule has 0 aliphatic rings. The first-order chi connectivity index (χ1) is 9.47. The van der Waals surface area contributed by atoms with Crippen LogP contribution in [-0.4, -0.2) is 34.1 Å². The highest BCUT2D eigenvalue weighted by Gasteiger charge is 2.17. The maximum atomic E-state index is 13.4. The van der Waals surface area contributed by atoms with Crippen molar-refractivity contribution in [1.29, 1.82) is 0 Å². The minimum absolute atomic E-state index is 0.0927. The summed E-state index contributed by atoms with van der Waals surface area (Å²) in [5.41, 5.74) is 3.58. The van der Waals surface area contributed by atoms with Crippen molar-refractivity contribution in [2.45, 2.75) is 20.0 Å². The number of halogens is 1. The number of hydrogen-bond acceptors (Lipinski definition) is 5. The van der Waals surface area contributed by atoms with Gasteiger partial charge in [0.15, 0.2) is 0 Å². The Balaban J connectivity index is 2.06. The van der Waals surface area contributed by atoms with Gasteiger partial charge < -0.3 is 10.0 Å². The molecule has 0 aliphatic heterocycles. The molecule has 0 saturated carbocycles. The van der Waals surface area contributed by atoms with E-state index in [2.05, 4.69) is 9.88 Å². The van der Waals surface area contributed by atoms with Gasteiger partial charge in [0.1, 0.15) is 5.82 Å². The minimum atomic E-state index is -1.79. The van der Waals surface area contributed by atoms with E-state index in [9.17, 15) is 4.39 Å². The normalized spacial score (nSPS) is 11.1. The second-order valence-electron chi connectivity index (χ2n) is 4.76. The predicted molar refractivity (Wildman–Crippen MR) is 78.2 cm³/mol. The van der Waals surface area contributed by atoms with Crippen LogP contribution in [0, 0.1) is 12.7 Å². The first-order valence-electron chi connectivity index (χ1n) is 6.19. The zero-order valence-electron chi connectivity index (χ0n) is 11.4. The number of thiazole rings is 1. The molecule has 2 aromatic rings. The molecule has 20 heavy (non-hydrogen) atoms. The van der Waals surface area contributed by atoms with Gasteiger partial charge in [-0.3, -0.25) is 4.90 Å². The summed E-state index contributed by atoms with van der Waals surface area (Å²) in [6, 6.07) is 4.39. The van der Waals surface area contributed by atoms with Crippen LogP contribution in [0.1, 0.15) is 16.1 Å². The molecule has 0 saturated heterocycles. The van der Waals surface area contributed by atoms with Crippen LogP contribution in [0.15, 0.2) is 23.7 Å². The summed E-state index contributed by atoms with van der Waals surface area (Å²) in [6.45, 7) is 3.32. The lowest BCUT2D eigenvalue weighted by Gasteiger charge is -2.16. The van der Waals surface area contributed by atoms with Crippen LogP contribution < -0.4 is 5.46 Å². The van der Waals surface area contributed by atoms with Gasteiger partial charge in [-0.2, -0.15) is 0 Å². The third kappa shape index (κ3) is 3.64. The molecule has 0 amide bonds. The van der Waals surface area contributed by atoms with Crippen LogP contribution in [0.2, 0.25) is 0 Å². The zero-order chi connectivity index (χ0) is 14.7. The molecule has 2 rings (SSSR count). The molecule has 0 bridgehead atoms. The monoisotopic (exact) mass is 294 g/mol. The lowest BCUT2D eigenvalue weighted by atomic mass is 9.79. The number of aryl methyl sites for hydroxylation is 1. The summed E-state index contributed by atoms with van der Waals surface area (Å²) in [4.78, 5) is 7.46. The van der Waals surface area contributed by atoms with E-state index >= 15 is 0 Å². The van der Waals surface area contributed by atoms with Gasteiger partial charge >= 0.3 is 7.12 Å². The molecule has 106 valence electrons. The van der Waals surface area contributed by atoms with Crippen molar-refractivity contribution in [3.8, 4) is 0 Å². The SMILES string of the molecule is Cc1ncsc1CN(C)Cc1ccc(F)c(B(O)O)c1. The molecular formula is C13H16BFN2O2S. The van der Waals surface area contributed by atoms with Gasteiger partial charge in [0.05, 0.1) is 11.2 Å². The fourth-order valence-corrected chi connectivity index (χ4v) is 2.84. The molecule has 0 spiro atoms. The second-order valence-corrected chi connectivity index (χ2v) is 5.70. The van der Waals surface area contributed by atoms with Gasteiger partial charge in [0.2, 0.25) is 0 Å². The quantitative estimate of drug-likeness (QED) is 0.805. The highest BCUT2D eigenvalue weighted by Crippen LogP contribution is 2.15. The standard InChI is InChI=1S/C13H16BFN2O2S/c1-9-13(20-8-16-9)7-17(2)6-10-3-4-12(15)11(5-10)14(18)19/h3-5,8,18-19H,6-7H2,1-2H3. The molecule has 0 atom stereocenters. The second kappa shape index (κ2) is 6.45. The number of nitrogens with zero attached hydrogens (tertiary/aromatic N) is 2. The first-order valence-corrected chi connectivity index (χ1v) is 7.07. The van der Waals surface area contributed by atoms with Crippen molar-refractivity contribution < 1.29 is 14.4 Å². The van der Waals surface area contributed by atoms with Crippen LogP contribution in [0.3, 0.4) is 0 Å². The number of hydrogen-bond donors (Lipinski definition) is 2. The van der Waals surface area contributed by atoms with Crippen LogP contribution in [-0.2, 0) is 13.1 Å². The number of benzene rings is 1. The number of rotatable bonds is 5. The lowest BCUT2D eigenvalue weighted by Crippen LogP contribution is -2.33. The Hall–Kier alpha value is -1.28. The largest absolute Gasteiger partial charge is 0.491 e. The smallest absolute Gasteiger partial charge is 0.423 e. The summed E-state index contributed by atoms with van der Waals surface area (Å²) in [7, 11) is 0.168. The van der Waals surface area contributed by atoms with E-state index in [0.29, 0.717) is 6.54 Å². The van der Waals surface area contributed by atoms with Gasteiger partial charge in [0, 0.05) is 23.4 Å². The Kier molecular flexibility index (Phi) is 4.88. The Morgan fingerprint density at radius 2 is 2.10 bits per heavy atom. The fourth-order valence-electron chi connectivity index (χ4n) is 1.98. The zero-order valence-corrected chi connectivity index (χ0v) is 12.2. The summed E-state index contributed by atoms with van der Waals surface area (Å²) in [6.07, 6.45) is 0. The Morgan fingerprint density at radius 1 is 1.35 bits per heavy atom. The van der Waals surface area contributed by atoms with E-state index in [1.165, 1.54) is 17.0 Å². The van der Waals surface area contributed by atoms with Crippen molar-refractivity contribution >= 4 is 23.9 Å². The molecule has 4 nitrogen and oxygen atoms in total. The van der Waals surface area contributed by atoms with Crippen molar-refractivity contribution in [2.75, 3.05) is 7.05 Å². The topological polar surface area (TPSA) is 56.6 Å². The Bertz CT molecular complexity index is 592. The average Bonchev–Trinajstić information content (AvgIpc) is 2.77. The van der Waals surface area contributed by atoms with Gasteiger partial charge in [-0.15, -0.1) is 11.3 Å². The maximum absolute atomic E-state index is 13.4. The van der Waals surface area contributed by atoms with Crippen molar-refractivity contribution in [1.82, 2.24) is 9.88 Å². The van der Waals surface area contributed by atoms with E-state index in [1.54, 1.807) is 17.4 Å². The first kappa shape index (κ1) is 15.1. The molecule has 0 fully saturated rings. The third-order valence-corrected chi connectivity index (χ3v) is 3.97. The molecule has 1 aromatic heterocycles.